The molecule has 0 atom stereocenters. The van der Waals surface area contributed by atoms with Gasteiger partial charge in [0.2, 0.25) is 0 Å². The van der Waals surface area contributed by atoms with Crippen LogP contribution in [0.5, 0.6) is 0 Å². The van der Waals surface area contributed by atoms with Crippen LogP contribution in [0.25, 0.3) is 22.4 Å². The minimum absolute atomic E-state index is 0.0261. The Labute approximate surface area is 183 Å². The second-order valence-electron chi connectivity index (χ2n) is 7.77. The van der Waals surface area contributed by atoms with E-state index in [1.807, 2.05) is 48.1 Å². The molecular formula is C27H27N3O. The van der Waals surface area contributed by atoms with Crippen LogP contribution in [0.4, 0.5) is 0 Å². The van der Waals surface area contributed by atoms with Gasteiger partial charge in [-0.15, -0.1) is 0 Å². The smallest absolute Gasteiger partial charge is 0.251 e. The zero-order chi connectivity index (χ0) is 21.6. The third-order valence-corrected chi connectivity index (χ3v) is 5.37. The molecule has 1 amide bonds. The van der Waals surface area contributed by atoms with Gasteiger partial charge in [0.25, 0.3) is 5.91 Å². The maximum Gasteiger partial charge on any atom is 0.251 e. The number of hydrogen-bond acceptors (Lipinski definition) is 2. The molecule has 0 aliphatic heterocycles. The van der Waals surface area contributed by atoms with Crippen LogP contribution in [0.15, 0.2) is 85.1 Å². The van der Waals surface area contributed by atoms with E-state index in [-0.39, 0.29) is 5.91 Å². The average Bonchev–Trinajstić information content (AvgIpc) is 3.26. The van der Waals surface area contributed by atoms with Crippen LogP contribution in [0.1, 0.15) is 34.8 Å². The highest BCUT2D eigenvalue weighted by atomic mass is 16.1. The van der Waals surface area contributed by atoms with Crippen molar-refractivity contribution >= 4 is 5.91 Å². The Hall–Kier alpha value is -3.66. The van der Waals surface area contributed by atoms with Crippen molar-refractivity contribution in [1.29, 1.82) is 0 Å². The predicted octanol–water partition coefficient (Wildman–Crippen LogP) is 5.71. The molecule has 4 aromatic rings. The SMILES string of the molecule is CCCNC(=O)c1ccc(Cn2nccc2-c2ccc(-c3ccc(C)cc3)cc2)cc1. The number of carbonyl (C=O) groups is 1. The van der Waals surface area contributed by atoms with Crippen molar-refractivity contribution in [2.45, 2.75) is 26.8 Å². The van der Waals surface area contributed by atoms with Crippen molar-refractivity contribution in [3.63, 3.8) is 0 Å². The molecule has 0 aliphatic rings. The number of nitrogens with zero attached hydrogens (tertiary/aromatic N) is 2. The molecule has 3 aromatic carbocycles. The van der Waals surface area contributed by atoms with Gasteiger partial charge < -0.3 is 5.32 Å². The third kappa shape index (κ3) is 4.92. The topological polar surface area (TPSA) is 46.9 Å². The minimum Gasteiger partial charge on any atom is -0.352 e. The second kappa shape index (κ2) is 9.43. The van der Waals surface area contributed by atoms with Crippen molar-refractivity contribution in [3.8, 4) is 22.4 Å². The molecule has 0 fully saturated rings. The van der Waals surface area contributed by atoms with Crippen molar-refractivity contribution in [2.75, 3.05) is 6.54 Å². The van der Waals surface area contributed by atoms with Crippen LogP contribution < -0.4 is 5.32 Å². The fraction of sp³-hybridized carbons (Fsp3) is 0.185. The lowest BCUT2D eigenvalue weighted by Crippen LogP contribution is -2.23. The third-order valence-electron chi connectivity index (χ3n) is 5.37. The Morgan fingerprint density at radius 1 is 0.839 bits per heavy atom. The highest BCUT2D eigenvalue weighted by Crippen LogP contribution is 2.25. The Morgan fingerprint density at radius 2 is 1.45 bits per heavy atom. The summed E-state index contributed by atoms with van der Waals surface area (Å²) < 4.78 is 1.99. The van der Waals surface area contributed by atoms with Crippen molar-refractivity contribution in [3.05, 3.63) is 102 Å². The highest BCUT2D eigenvalue weighted by Gasteiger charge is 2.09. The van der Waals surface area contributed by atoms with Gasteiger partial charge in [0.05, 0.1) is 12.2 Å². The number of benzene rings is 3. The summed E-state index contributed by atoms with van der Waals surface area (Å²) in [7, 11) is 0. The summed E-state index contributed by atoms with van der Waals surface area (Å²) in [5.74, 6) is -0.0261. The van der Waals surface area contributed by atoms with E-state index in [0.717, 1.165) is 23.2 Å². The molecule has 0 spiro atoms. The molecule has 1 heterocycles. The fourth-order valence-corrected chi connectivity index (χ4v) is 3.56. The molecule has 31 heavy (non-hydrogen) atoms. The quantitative estimate of drug-likeness (QED) is 0.425. The number of hydrogen-bond donors (Lipinski definition) is 1. The molecule has 1 aromatic heterocycles. The maximum atomic E-state index is 12.1. The first-order valence-electron chi connectivity index (χ1n) is 10.7. The van der Waals surface area contributed by atoms with Crippen LogP contribution in [-0.2, 0) is 6.54 Å². The zero-order valence-electron chi connectivity index (χ0n) is 18.0. The zero-order valence-corrected chi connectivity index (χ0v) is 18.0. The lowest BCUT2D eigenvalue weighted by atomic mass is 10.0. The molecule has 4 heteroatoms. The lowest BCUT2D eigenvalue weighted by molar-refractivity contribution is 0.0953. The van der Waals surface area contributed by atoms with Crippen LogP contribution in [-0.4, -0.2) is 22.2 Å². The van der Waals surface area contributed by atoms with Gasteiger partial charge in [0.1, 0.15) is 0 Å². The van der Waals surface area contributed by atoms with Crippen LogP contribution in [0.2, 0.25) is 0 Å². The van der Waals surface area contributed by atoms with Gasteiger partial charge in [-0.3, -0.25) is 9.48 Å². The first kappa shape index (κ1) is 20.6. The molecule has 156 valence electrons. The van der Waals surface area contributed by atoms with E-state index in [1.54, 1.807) is 0 Å². The van der Waals surface area contributed by atoms with E-state index < -0.39 is 0 Å². The average molecular weight is 410 g/mol. The molecule has 0 bridgehead atoms. The van der Waals surface area contributed by atoms with Gasteiger partial charge in [-0.25, -0.2) is 0 Å². The number of rotatable bonds is 7. The summed E-state index contributed by atoms with van der Waals surface area (Å²) in [6, 6.07) is 26.9. The van der Waals surface area contributed by atoms with Crippen molar-refractivity contribution in [1.82, 2.24) is 15.1 Å². The maximum absolute atomic E-state index is 12.1. The summed E-state index contributed by atoms with van der Waals surface area (Å²) in [5, 5.41) is 7.42. The molecule has 0 unspecified atom stereocenters. The van der Waals surface area contributed by atoms with E-state index in [0.29, 0.717) is 18.7 Å². The van der Waals surface area contributed by atoms with Gasteiger partial charge >= 0.3 is 0 Å². The Kier molecular flexibility index (Phi) is 6.27. The van der Waals surface area contributed by atoms with E-state index in [4.69, 9.17) is 0 Å². The summed E-state index contributed by atoms with van der Waals surface area (Å²) in [5.41, 5.74) is 7.67. The van der Waals surface area contributed by atoms with Gasteiger partial charge in [0, 0.05) is 18.3 Å². The highest BCUT2D eigenvalue weighted by molar-refractivity contribution is 5.94. The molecule has 0 aliphatic carbocycles. The largest absolute Gasteiger partial charge is 0.352 e. The van der Waals surface area contributed by atoms with Gasteiger partial charge in [-0.1, -0.05) is 73.2 Å². The Bertz CT molecular complexity index is 1140. The van der Waals surface area contributed by atoms with Crippen LogP contribution >= 0.6 is 0 Å². The Balaban J connectivity index is 1.49. The molecule has 4 rings (SSSR count). The first-order chi connectivity index (χ1) is 15.1. The number of aryl methyl sites for hydroxylation is 1. The summed E-state index contributed by atoms with van der Waals surface area (Å²) in [6.07, 6.45) is 2.76. The second-order valence-corrected chi connectivity index (χ2v) is 7.77. The molecule has 0 saturated carbocycles. The summed E-state index contributed by atoms with van der Waals surface area (Å²) >= 11 is 0. The van der Waals surface area contributed by atoms with E-state index >= 15 is 0 Å². The number of amides is 1. The van der Waals surface area contributed by atoms with Crippen LogP contribution in [0, 0.1) is 6.92 Å². The van der Waals surface area contributed by atoms with E-state index in [2.05, 4.69) is 65.9 Å². The standard InChI is InChI=1S/C27H27N3O/c1-3-17-28-27(31)25-10-6-21(7-11-25)19-30-26(16-18-29-30)24-14-12-23(13-15-24)22-8-4-20(2)5-9-22/h4-16,18H,3,17,19H2,1-2H3,(H,28,31). The predicted molar refractivity (Wildman–Crippen MR) is 126 cm³/mol. The van der Waals surface area contributed by atoms with Crippen molar-refractivity contribution < 1.29 is 4.79 Å². The molecule has 4 nitrogen and oxygen atoms in total. The molecule has 0 saturated heterocycles. The number of nitrogens with one attached hydrogen (secondary N) is 1. The minimum atomic E-state index is -0.0261. The normalized spacial score (nSPS) is 10.8. The van der Waals surface area contributed by atoms with E-state index in [9.17, 15) is 4.79 Å². The summed E-state index contributed by atoms with van der Waals surface area (Å²) in [4.78, 5) is 12.1. The van der Waals surface area contributed by atoms with Gasteiger partial charge in [-0.05, 0) is 53.8 Å². The summed E-state index contributed by atoms with van der Waals surface area (Å²) in [6.45, 7) is 5.49. The number of aromatic nitrogens is 2. The van der Waals surface area contributed by atoms with Crippen LogP contribution in [0.3, 0.4) is 0 Å². The Morgan fingerprint density at radius 3 is 2.10 bits per heavy atom. The van der Waals surface area contributed by atoms with Gasteiger partial charge in [0.15, 0.2) is 0 Å². The van der Waals surface area contributed by atoms with Gasteiger partial charge in [-0.2, -0.15) is 5.10 Å². The monoisotopic (exact) mass is 409 g/mol. The molecular weight excluding hydrogens is 382 g/mol. The lowest BCUT2D eigenvalue weighted by Gasteiger charge is -2.10. The first-order valence-corrected chi connectivity index (χ1v) is 10.7. The fourth-order valence-electron chi connectivity index (χ4n) is 3.56. The molecule has 0 radical (unpaired) electrons. The molecule has 1 N–H and O–H groups in total. The van der Waals surface area contributed by atoms with E-state index in [1.165, 1.54) is 16.7 Å². The number of carbonyl (C=O) groups excluding carboxylic acids is 1. The van der Waals surface area contributed by atoms with Crippen molar-refractivity contribution in [2.24, 2.45) is 0 Å².